The lowest BCUT2D eigenvalue weighted by Gasteiger charge is -2.39. The number of piperidine rings is 1. The van der Waals surface area contributed by atoms with Crippen LogP contribution in [-0.2, 0) is 50.9 Å². The van der Waals surface area contributed by atoms with Crippen LogP contribution in [0, 0.1) is 17.8 Å². The number of nitrogens with two attached hydrogens (primary N) is 1. The summed E-state index contributed by atoms with van der Waals surface area (Å²) in [6.07, 6.45) is 4.54. The highest BCUT2D eigenvalue weighted by Gasteiger charge is 2.47. The van der Waals surface area contributed by atoms with Crippen LogP contribution in [0.3, 0.4) is 0 Å². The van der Waals surface area contributed by atoms with E-state index in [2.05, 4.69) is 20.3 Å². The van der Waals surface area contributed by atoms with E-state index in [1.165, 1.54) is 7.11 Å². The zero-order valence-corrected chi connectivity index (χ0v) is 35.8. The van der Waals surface area contributed by atoms with Gasteiger partial charge in [0.25, 0.3) is 5.91 Å². The lowest BCUT2D eigenvalue weighted by Crippen LogP contribution is -2.56. The molecule has 15 nitrogen and oxygen atoms in total. The number of hydrogen-bond donors (Lipinski definition) is 4. The molecule has 1 saturated carbocycles. The number of amides is 5. The summed E-state index contributed by atoms with van der Waals surface area (Å²) in [5.74, 6) is -1.81. The molecule has 0 spiro atoms. The van der Waals surface area contributed by atoms with Gasteiger partial charge in [0.05, 0.1) is 49.2 Å². The van der Waals surface area contributed by atoms with E-state index in [0.717, 1.165) is 31.2 Å². The molecule has 5 amide bonds. The minimum Gasteiger partial charge on any atom is -0.379 e. The molecule has 11 atom stereocenters. The number of fused-ring (bicyclic) bond motifs is 2. The van der Waals surface area contributed by atoms with Crippen LogP contribution in [0.5, 0.6) is 0 Å². The average Bonchev–Trinajstić information content (AvgIpc) is 3.96. The molecule has 0 radical (unpaired) electrons. The van der Waals surface area contributed by atoms with E-state index in [-0.39, 0.29) is 54.8 Å². The van der Waals surface area contributed by atoms with Crippen LogP contribution in [0.1, 0.15) is 77.7 Å². The Morgan fingerprint density at radius 2 is 1.75 bits per heavy atom. The van der Waals surface area contributed by atoms with Crippen molar-refractivity contribution in [3.63, 3.8) is 0 Å². The Kier molecular flexibility index (Phi) is 17.9. The molecule has 3 aliphatic rings. The van der Waals surface area contributed by atoms with Gasteiger partial charge in [-0.05, 0) is 69.5 Å². The van der Waals surface area contributed by atoms with Crippen molar-refractivity contribution in [2.75, 3.05) is 53.7 Å². The summed E-state index contributed by atoms with van der Waals surface area (Å²) in [6.45, 7) is 6.43. The number of nitrogens with one attached hydrogen (secondary N) is 3. The molecule has 2 aliphatic heterocycles. The van der Waals surface area contributed by atoms with Gasteiger partial charge in [-0.25, -0.2) is 4.21 Å². The number of methoxy groups -OCH3 is 2. The molecule has 0 aromatic heterocycles. The van der Waals surface area contributed by atoms with E-state index in [0.29, 0.717) is 44.3 Å². The predicted octanol–water partition coefficient (Wildman–Crippen LogP) is 1.36. The number of carbonyl (C=O) groups is 5. The highest BCUT2D eigenvalue weighted by Crippen LogP contribution is 2.41. The summed E-state index contributed by atoms with van der Waals surface area (Å²) in [5, 5.41) is 5.76. The number of likely N-dealkylation sites (tertiary alicyclic amines) is 2. The van der Waals surface area contributed by atoms with Gasteiger partial charge in [0.1, 0.15) is 17.0 Å². The molecule has 3 fully saturated rings. The molecule has 4 rings (SSSR count). The zero-order valence-electron chi connectivity index (χ0n) is 34.9. The summed E-state index contributed by atoms with van der Waals surface area (Å²) < 4.78 is 26.9. The number of carbonyl (C=O) groups excluding carboxylic acids is 5. The third-order valence-corrected chi connectivity index (χ3v) is 13.6. The molecule has 320 valence electrons. The maximum Gasteiger partial charge on any atom is 0.254 e. The topological polar surface area (TPSA) is 193 Å². The van der Waals surface area contributed by atoms with Gasteiger partial charge < -0.3 is 35.6 Å². The summed E-state index contributed by atoms with van der Waals surface area (Å²) in [7, 11) is 5.09. The Hall–Kier alpha value is -3.44. The molecule has 2 bridgehead atoms. The van der Waals surface area contributed by atoms with Gasteiger partial charge in [-0.15, -0.1) is 0 Å². The molecular formula is C41H67N7O8S. The highest BCUT2D eigenvalue weighted by molar-refractivity contribution is 7.83. The first-order valence-electron chi connectivity index (χ1n) is 20.6. The number of nitrogens with zero attached hydrogens (tertiary/aromatic N) is 3. The summed E-state index contributed by atoms with van der Waals surface area (Å²) >= 11 is 0. The van der Waals surface area contributed by atoms with Crippen LogP contribution in [0.4, 0.5) is 0 Å². The summed E-state index contributed by atoms with van der Waals surface area (Å²) in [4.78, 5) is 73.7. The number of rotatable bonds is 22. The maximum absolute atomic E-state index is 14.2. The summed E-state index contributed by atoms with van der Waals surface area (Å²) in [5.41, 5.74) is 6.36. The monoisotopic (exact) mass is 817 g/mol. The first-order chi connectivity index (χ1) is 27.3. The van der Waals surface area contributed by atoms with Crippen molar-refractivity contribution < 1.29 is 37.7 Å². The molecule has 16 heteroatoms. The maximum atomic E-state index is 14.2. The quantitative estimate of drug-likeness (QED) is 0.133. The second-order valence-corrected chi connectivity index (χ2v) is 17.4. The minimum atomic E-state index is -1.65. The van der Waals surface area contributed by atoms with Crippen LogP contribution in [0.25, 0.3) is 0 Å². The fraction of sp³-hybridized carbons (Fsp3) is 0.732. The number of ether oxygens (including phenoxy) is 2. The van der Waals surface area contributed by atoms with Gasteiger partial charge in [-0.1, -0.05) is 57.5 Å². The molecular weight excluding hydrogens is 751 g/mol. The number of likely N-dealkylation sites (N-methyl/N-ethyl adjacent to an activating group) is 2. The SMILES string of the molecule is CCC(C)C(C(CC(=O)N1CCCC1C(OC)C(C)C(=O)N[C@@H](Cc1ccccc1)C(=O)NS(=O)CCCN)OC)N(C)C(=O)CNC(=O)C1C2CCC(C2)N1C. The molecule has 1 aliphatic carbocycles. The fourth-order valence-electron chi connectivity index (χ4n) is 9.14. The van der Waals surface area contributed by atoms with Crippen molar-refractivity contribution >= 4 is 40.5 Å². The summed E-state index contributed by atoms with van der Waals surface area (Å²) in [6, 6.07) is 7.58. The van der Waals surface area contributed by atoms with Crippen LogP contribution in [-0.4, -0.2) is 145 Å². The van der Waals surface area contributed by atoms with Gasteiger partial charge in [-0.2, -0.15) is 0 Å². The van der Waals surface area contributed by atoms with E-state index >= 15 is 0 Å². The average molecular weight is 818 g/mol. The number of benzene rings is 1. The Morgan fingerprint density at radius 1 is 1.04 bits per heavy atom. The highest BCUT2D eigenvalue weighted by atomic mass is 32.2. The van der Waals surface area contributed by atoms with Gasteiger partial charge in [0, 0.05) is 46.0 Å². The molecule has 2 saturated heterocycles. The Morgan fingerprint density at radius 3 is 2.37 bits per heavy atom. The second kappa shape index (κ2) is 22.1. The lowest BCUT2D eigenvalue weighted by atomic mass is 9.90. The van der Waals surface area contributed by atoms with Crippen LogP contribution >= 0.6 is 0 Å². The second-order valence-electron chi connectivity index (χ2n) is 16.1. The molecule has 1 aromatic carbocycles. The standard InChI is InChI=1S/C41H67N7O8S/c1-8-26(2)36(47(5)35(50)25-43-41(53)37-29-17-18-30(23-29)46(37)4)33(55-6)24-34(49)48-20-12-16-32(48)38(56-7)27(3)39(51)44-31(22-28-14-10-9-11-15-28)40(52)45-57(54)21-13-19-42/h9-11,14-15,26-27,29-33,36-38H,8,12-13,16-25,42H2,1-7H3,(H,43,53)(H,44,51)(H,45,52)/t26?,27?,29?,30?,31-,32?,33?,36?,37?,38?,57?/m0/s1. The normalized spacial score (nSPS) is 24.2. The third kappa shape index (κ3) is 11.8. The van der Waals surface area contributed by atoms with Crippen molar-refractivity contribution in [2.45, 2.75) is 121 Å². The van der Waals surface area contributed by atoms with Gasteiger partial charge in [0.15, 0.2) is 0 Å². The Labute approximate surface area is 341 Å². The zero-order chi connectivity index (χ0) is 41.8. The van der Waals surface area contributed by atoms with Gasteiger partial charge in [0.2, 0.25) is 23.6 Å². The molecule has 1 aromatic rings. The molecule has 2 heterocycles. The third-order valence-electron chi connectivity index (χ3n) is 12.6. The Bertz CT molecular complexity index is 1540. The van der Waals surface area contributed by atoms with Gasteiger partial charge in [-0.3, -0.25) is 33.6 Å². The fourth-order valence-corrected chi connectivity index (χ4v) is 10.0. The van der Waals surface area contributed by atoms with Crippen LogP contribution in [0.15, 0.2) is 30.3 Å². The Balaban J connectivity index is 1.41. The first kappa shape index (κ1) is 46.3. The molecule has 57 heavy (non-hydrogen) atoms. The van der Waals surface area contributed by atoms with E-state index in [1.54, 1.807) is 30.9 Å². The molecule has 5 N–H and O–H groups in total. The van der Waals surface area contributed by atoms with Crippen molar-refractivity contribution in [3.05, 3.63) is 35.9 Å². The largest absolute Gasteiger partial charge is 0.379 e. The smallest absolute Gasteiger partial charge is 0.254 e. The van der Waals surface area contributed by atoms with E-state index < -0.39 is 59.1 Å². The lowest BCUT2D eigenvalue weighted by molar-refractivity contribution is -0.146. The molecule has 10 unspecified atom stereocenters. The van der Waals surface area contributed by atoms with E-state index in [4.69, 9.17) is 15.2 Å². The van der Waals surface area contributed by atoms with Crippen molar-refractivity contribution in [3.8, 4) is 0 Å². The van der Waals surface area contributed by atoms with Gasteiger partial charge >= 0.3 is 0 Å². The van der Waals surface area contributed by atoms with Crippen molar-refractivity contribution in [2.24, 2.45) is 23.5 Å². The van der Waals surface area contributed by atoms with Crippen LogP contribution in [0.2, 0.25) is 0 Å². The van der Waals surface area contributed by atoms with E-state index in [9.17, 15) is 28.2 Å². The van der Waals surface area contributed by atoms with Crippen molar-refractivity contribution in [1.29, 1.82) is 0 Å². The van der Waals surface area contributed by atoms with E-state index in [1.807, 2.05) is 51.2 Å². The number of hydrogen-bond acceptors (Lipinski definition) is 10. The minimum absolute atomic E-state index is 0.000445. The first-order valence-corrected chi connectivity index (χ1v) is 21.9. The predicted molar refractivity (Wildman–Crippen MR) is 219 cm³/mol. The van der Waals surface area contributed by atoms with Crippen molar-refractivity contribution in [1.82, 2.24) is 30.1 Å². The van der Waals surface area contributed by atoms with Crippen LogP contribution < -0.4 is 21.1 Å².